The molecule has 5 N–H and O–H groups in total. The molecular formula is C14H33N3. The van der Waals surface area contributed by atoms with Gasteiger partial charge in [-0.3, -0.25) is 5.32 Å². The molecule has 0 saturated heterocycles. The van der Waals surface area contributed by atoms with Crippen LogP contribution >= 0.6 is 0 Å². The number of nitrogens with one attached hydrogen (secondary N) is 1. The molecular weight excluding hydrogens is 210 g/mol. The average Bonchev–Trinajstić information content (AvgIpc) is 2.31. The Hall–Kier alpha value is -0.120. The molecule has 104 valence electrons. The van der Waals surface area contributed by atoms with Crippen LogP contribution in [0, 0.1) is 0 Å². The van der Waals surface area contributed by atoms with Gasteiger partial charge >= 0.3 is 0 Å². The molecule has 0 spiro atoms. The van der Waals surface area contributed by atoms with Gasteiger partial charge in [-0.25, -0.2) is 0 Å². The van der Waals surface area contributed by atoms with Crippen molar-refractivity contribution >= 4 is 0 Å². The Balaban J connectivity index is 3.09. The van der Waals surface area contributed by atoms with Crippen LogP contribution in [0.15, 0.2) is 0 Å². The third-order valence-electron chi connectivity index (χ3n) is 3.32. The summed E-state index contributed by atoms with van der Waals surface area (Å²) < 4.78 is 0. The van der Waals surface area contributed by atoms with Crippen LogP contribution < -0.4 is 16.8 Å². The van der Waals surface area contributed by atoms with E-state index < -0.39 is 5.79 Å². The molecule has 0 aromatic heterocycles. The molecule has 0 bridgehead atoms. The van der Waals surface area contributed by atoms with Crippen LogP contribution in [0.5, 0.6) is 0 Å². The van der Waals surface area contributed by atoms with Crippen LogP contribution in [0.4, 0.5) is 0 Å². The highest BCUT2D eigenvalue weighted by Crippen LogP contribution is 2.09. The first kappa shape index (κ1) is 16.9. The Morgan fingerprint density at radius 2 is 1.24 bits per heavy atom. The summed E-state index contributed by atoms with van der Waals surface area (Å²) in [6, 6.07) is 0. The van der Waals surface area contributed by atoms with Gasteiger partial charge < -0.3 is 11.5 Å². The monoisotopic (exact) mass is 243 g/mol. The quantitative estimate of drug-likeness (QED) is 0.364. The Morgan fingerprint density at radius 3 is 1.71 bits per heavy atom. The average molecular weight is 243 g/mol. The highest BCUT2D eigenvalue weighted by atomic mass is 15.2. The maximum atomic E-state index is 5.79. The predicted octanol–water partition coefficient (Wildman–Crippen LogP) is 3.09. The lowest BCUT2D eigenvalue weighted by molar-refractivity contribution is 0.331. The Bertz CT molecular complexity index is 158. The fourth-order valence-electron chi connectivity index (χ4n) is 1.88. The minimum Gasteiger partial charge on any atom is -0.301 e. The van der Waals surface area contributed by atoms with Crippen LogP contribution in [0.2, 0.25) is 0 Å². The smallest absolute Gasteiger partial charge is 0.118 e. The molecule has 0 aliphatic carbocycles. The maximum absolute atomic E-state index is 5.79. The van der Waals surface area contributed by atoms with Crippen molar-refractivity contribution in [3.05, 3.63) is 0 Å². The van der Waals surface area contributed by atoms with E-state index in [0.29, 0.717) is 0 Å². The van der Waals surface area contributed by atoms with Crippen molar-refractivity contribution in [2.75, 3.05) is 6.54 Å². The van der Waals surface area contributed by atoms with Gasteiger partial charge in [-0.05, 0) is 19.4 Å². The minimum absolute atomic E-state index is 0.667. The first-order chi connectivity index (χ1) is 8.12. The second kappa shape index (κ2) is 11.0. The molecule has 17 heavy (non-hydrogen) atoms. The summed E-state index contributed by atoms with van der Waals surface area (Å²) in [5, 5.41) is 3.18. The zero-order valence-electron chi connectivity index (χ0n) is 11.9. The van der Waals surface area contributed by atoms with Crippen LogP contribution in [-0.2, 0) is 0 Å². The number of hydrogen-bond acceptors (Lipinski definition) is 3. The van der Waals surface area contributed by atoms with Crippen molar-refractivity contribution in [2.45, 2.75) is 83.8 Å². The first-order valence-corrected chi connectivity index (χ1v) is 7.45. The molecule has 3 nitrogen and oxygen atoms in total. The van der Waals surface area contributed by atoms with Gasteiger partial charge in [-0.1, -0.05) is 65.2 Å². The first-order valence-electron chi connectivity index (χ1n) is 7.45. The molecule has 0 rings (SSSR count). The maximum Gasteiger partial charge on any atom is 0.118 e. The van der Waals surface area contributed by atoms with Gasteiger partial charge in [0.25, 0.3) is 0 Å². The Labute approximate surface area is 108 Å². The Morgan fingerprint density at radius 1 is 0.765 bits per heavy atom. The van der Waals surface area contributed by atoms with Crippen molar-refractivity contribution in [3.8, 4) is 0 Å². The van der Waals surface area contributed by atoms with E-state index in [9.17, 15) is 0 Å². The molecule has 0 aliphatic heterocycles. The van der Waals surface area contributed by atoms with E-state index in [1.54, 1.807) is 0 Å². The fourth-order valence-corrected chi connectivity index (χ4v) is 1.88. The van der Waals surface area contributed by atoms with Gasteiger partial charge in [-0.2, -0.15) is 0 Å². The SMILES string of the molecule is CCCCCCCCCCCNC(N)(N)CC. The van der Waals surface area contributed by atoms with E-state index in [4.69, 9.17) is 11.5 Å². The normalized spacial score (nSPS) is 12.0. The summed E-state index contributed by atoms with van der Waals surface area (Å²) in [7, 11) is 0. The van der Waals surface area contributed by atoms with Crippen LogP contribution in [0.1, 0.15) is 78.1 Å². The minimum atomic E-state index is -0.667. The zero-order valence-corrected chi connectivity index (χ0v) is 11.9. The lowest BCUT2D eigenvalue weighted by Crippen LogP contribution is -2.60. The number of nitrogens with two attached hydrogens (primary N) is 2. The zero-order chi connectivity index (χ0) is 13.0. The summed E-state index contributed by atoms with van der Waals surface area (Å²) in [6.07, 6.45) is 12.9. The third-order valence-corrected chi connectivity index (χ3v) is 3.32. The van der Waals surface area contributed by atoms with Gasteiger partial charge in [0, 0.05) is 0 Å². The van der Waals surface area contributed by atoms with E-state index in [1.165, 1.54) is 57.8 Å². The molecule has 0 aromatic rings. The highest BCUT2D eigenvalue weighted by molar-refractivity contribution is 4.70. The Kier molecular flexibility index (Phi) is 10.9. The van der Waals surface area contributed by atoms with Crippen molar-refractivity contribution in [1.82, 2.24) is 5.32 Å². The third kappa shape index (κ3) is 12.1. The van der Waals surface area contributed by atoms with Gasteiger partial charge in [0.2, 0.25) is 0 Å². The summed E-state index contributed by atoms with van der Waals surface area (Å²) >= 11 is 0. The van der Waals surface area contributed by atoms with Crippen molar-refractivity contribution < 1.29 is 0 Å². The van der Waals surface area contributed by atoms with Gasteiger partial charge in [0.15, 0.2) is 0 Å². The van der Waals surface area contributed by atoms with Crippen LogP contribution in [0.25, 0.3) is 0 Å². The number of rotatable bonds is 12. The van der Waals surface area contributed by atoms with Gasteiger partial charge in [0.1, 0.15) is 5.79 Å². The van der Waals surface area contributed by atoms with E-state index in [0.717, 1.165) is 13.0 Å². The lowest BCUT2D eigenvalue weighted by atomic mass is 10.1. The van der Waals surface area contributed by atoms with Gasteiger partial charge in [-0.15, -0.1) is 0 Å². The summed E-state index contributed by atoms with van der Waals surface area (Å²) in [5.74, 6) is -0.667. The van der Waals surface area contributed by atoms with E-state index in [-0.39, 0.29) is 0 Å². The summed E-state index contributed by atoms with van der Waals surface area (Å²) in [5.41, 5.74) is 11.6. The molecule has 0 atom stereocenters. The predicted molar refractivity (Wildman–Crippen MR) is 76.6 cm³/mol. The van der Waals surface area contributed by atoms with Crippen molar-refractivity contribution in [2.24, 2.45) is 11.5 Å². The van der Waals surface area contributed by atoms with E-state index >= 15 is 0 Å². The fraction of sp³-hybridized carbons (Fsp3) is 1.00. The molecule has 3 heteroatoms. The van der Waals surface area contributed by atoms with E-state index in [2.05, 4.69) is 12.2 Å². The second-order valence-corrected chi connectivity index (χ2v) is 5.15. The molecule has 0 radical (unpaired) electrons. The molecule has 0 aliphatic rings. The second-order valence-electron chi connectivity index (χ2n) is 5.15. The number of hydrogen-bond donors (Lipinski definition) is 3. The molecule has 0 fully saturated rings. The molecule has 0 heterocycles. The number of unbranched alkanes of at least 4 members (excludes halogenated alkanes) is 8. The van der Waals surface area contributed by atoms with Crippen molar-refractivity contribution in [1.29, 1.82) is 0 Å². The molecule has 0 aromatic carbocycles. The molecule has 0 unspecified atom stereocenters. The van der Waals surface area contributed by atoms with Crippen LogP contribution in [0.3, 0.4) is 0 Å². The summed E-state index contributed by atoms with van der Waals surface area (Å²) in [6.45, 7) is 5.21. The molecule has 0 amide bonds. The molecule has 0 saturated carbocycles. The summed E-state index contributed by atoms with van der Waals surface area (Å²) in [4.78, 5) is 0. The topological polar surface area (TPSA) is 64.1 Å². The van der Waals surface area contributed by atoms with Crippen LogP contribution in [-0.4, -0.2) is 12.3 Å². The van der Waals surface area contributed by atoms with Gasteiger partial charge in [0.05, 0.1) is 0 Å². The highest BCUT2D eigenvalue weighted by Gasteiger charge is 2.13. The standard InChI is InChI=1S/C14H33N3/c1-3-5-6-7-8-9-10-11-12-13-17-14(15,16)4-2/h17H,3-13,15-16H2,1-2H3. The van der Waals surface area contributed by atoms with E-state index in [1.807, 2.05) is 6.92 Å². The lowest BCUT2D eigenvalue weighted by Gasteiger charge is -2.24. The van der Waals surface area contributed by atoms with Crippen molar-refractivity contribution in [3.63, 3.8) is 0 Å². The largest absolute Gasteiger partial charge is 0.301 e.